The van der Waals surface area contributed by atoms with Crippen LogP contribution in [-0.4, -0.2) is 17.0 Å². The van der Waals surface area contributed by atoms with Crippen molar-refractivity contribution in [1.29, 1.82) is 0 Å². The van der Waals surface area contributed by atoms with Crippen LogP contribution in [0.15, 0.2) is 36.1 Å². The number of aliphatic carboxylic acids is 1. The standard InChI is InChI=1S/C22H36O4.Zn/c1-3-4-5-6-7-8-9-10-11-12-13-14-15-16-17-18-21(23)26-19-20(2)22(24)25;/h7-8,10-11,19H,3-6,9,12-18H2,1-2H3,(H,24,25);/b8-7-,11-10-,20-19?;. The van der Waals surface area contributed by atoms with Crippen molar-refractivity contribution in [1.82, 2.24) is 0 Å². The van der Waals surface area contributed by atoms with Gasteiger partial charge < -0.3 is 9.84 Å². The molecule has 0 radical (unpaired) electrons. The molecule has 27 heavy (non-hydrogen) atoms. The second-order valence-electron chi connectivity index (χ2n) is 6.58. The molecule has 0 saturated heterocycles. The van der Waals surface area contributed by atoms with Crippen LogP contribution in [0.2, 0.25) is 0 Å². The first-order valence-corrected chi connectivity index (χ1v) is 9.97. The molecular formula is C22H36O4Zn. The summed E-state index contributed by atoms with van der Waals surface area (Å²) in [5.74, 6) is -1.44. The largest absolute Gasteiger partial charge is 0.478 e. The van der Waals surface area contributed by atoms with Crippen molar-refractivity contribution >= 4 is 11.9 Å². The van der Waals surface area contributed by atoms with Crippen molar-refractivity contribution in [2.45, 2.75) is 90.9 Å². The fourth-order valence-electron chi connectivity index (χ4n) is 2.34. The number of rotatable bonds is 16. The minimum Gasteiger partial charge on any atom is -0.478 e. The first kappa shape index (κ1) is 28.0. The predicted octanol–water partition coefficient (Wildman–Crippen LogP) is 6.33. The molecule has 0 bridgehead atoms. The van der Waals surface area contributed by atoms with Crippen LogP contribution in [0.1, 0.15) is 90.9 Å². The van der Waals surface area contributed by atoms with Crippen molar-refractivity contribution in [3.05, 3.63) is 36.1 Å². The predicted molar refractivity (Wildman–Crippen MR) is 107 cm³/mol. The Balaban J connectivity index is 0. The zero-order valence-electron chi connectivity index (χ0n) is 17.3. The summed E-state index contributed by atoms with van der Waals surface area (Å²) in [6.07, 6.45) is 22.9. The molecule has 0 aliphatic rings. The van der Waals surface area contributed by atoms with Gasteiger partial charge in [0.05, 0.1) is 5.57 Å². The third kappa shape index (κ3) is 20.9. The normalized spacial score (nSPS) is 11.7. The van der Waals surface area contributed by atoms with Crippen molar-refractivity contribution in [3.63, 3.8) is 0 Å². The molecule has 0 aromatic heterocycles. The van der Waals surface area contributed by atoms with Gasteiger partial charge in [-0.1, -0.05) is 63.3 Å². The van der Waals surface area contributed by atoms with Gasteiger partial charge in [0.15, 0.2) is 0 Å². The van der Waals surface area contributed by atoms with Crippen molar-refractivity contribution in [2.75, 3.05) is 0 Å². The van der Waals surface area contributed by atoms with Gasteiger partial charge in [-0.05, 0) is 45.4 Å². The Morgan fingerprint density at radius 1 is 0.852 bits per heavy atom. The number of hydrogen-bond donors (Lipinski definition) is 1. The summed E-state index contributed by atoms with van der Waals surface area (Å²) in [6.45, 7) is 3.62. The molecule has 0 unspecified atom stereocenters. The second-order valence-corrected chi connectivity index (χ2v) is 6.58. The molecule has 0 fully saturated rings. The maximum atomic E-state index is 11.4. The van der Waals surface area contributed by atoms with E-state index in [0.717, 1.165) is 38.4 Å². The summed E-state index contributed by atoms with van der Waals surface area (Å²) in [5, 5.41) is 8.64. The zero-order valence-corrected chi connectivity index (χ0v) is 20.2. The number of unbranched alkanes of at least 4 members (excludes halogenated alkanes) is 8. The third-order valence-corrected chi connectivity index (χ3v) is 4.04. The van der Waals surface area contributed by atoms with E-state index in [9.17, 15) is 9.59 Å². The molecule has 0 aromatic rings. The van der Waals surface area contributed by atoms with Crippen LogP contribution in [0.25, 0.3) is 0 Å². The summed E-state index contributed by atoms with van der Waals surface area (Å²) in [6, 6.07) is 0. The Bertz CT molecular complexity index is 467. The van der Waals surface area contributed by atoms with E-state index in [1.807, 2.05) is 0 Å². The van der Waals surface area contributed by atoms with Crippen LogP contribution in [0, 0.1) is 0 Å². The van der Waals surface area contributed by atoms with Gasteiger partial charge in [-0.25, -0.2) is 4.79 Å². The van der Waals surface area contributed by atoms with Gasteiger partial charge in [0, 0.05) is 25.9 Å². The summed E-state index contributed by atoms with van der Waals surface area (Å²) in [4.78, 5) is 22.0. The first-order valence-electron chi connectivity index (χ1n) is 9.97. The molecule has 0 rings (SSSR count). The number of esters is 1. The SMILES string of the molecule is CCCCC/C=C\C/C=C\CCCCCCCC(=O)OC=C(C)C(=O)O.[Zn]. The van der Waals surface area contributed by atoms with Crippen molar-refractivity contribution in [3.8, 4) is 0 Å². The zero-order chi connectivity index (χ0) is 19.5. The first-order chi connectivity index (χ1) is 12.6. The smallest absolute Gasteiger partial charge is 0.334 e. The van der Waals surface area contributed by atoms with E-state index < -0.39 is 5.97 Å². The maximum Gasteiger partial charge on any atom is 0.334 e. The molecule has 5 heteroatoms. The van der Waals surface area contributed by atoms with Crippen LogP contribution in [0.4, 0.5) is 0 Å². The number of allylic oxidation sites excluding steroid dienone is 4. The minimum atomic E-state index is -1.07. The topological polar surface area (TPSA) is 63.6 Å². The average molecular weight is 430 g/mol. The van der Waals surface area contributed by atoms with E-state index in [0.29, 0.717) is 6.42 Å². The van der Waals surface area contributed by atoms with Crippen molar-refractivity contribution in [2.24, 2.45) is 0 Å². The molecule has 0 aliphatic carbocycles. The third-order valence-electron chi connectivity index (χ3n) is 4.04. The molecule has 4 nitrogen and oxygen atoms in total. The molecule has 0 saturated carbocycles. The molecule has 0 atom stereocenters. The van der Waals surface area contributed by atoms with Gasteiger partial charge in [0.2, 0.25) is 0 Å². The maximum absolute atomic E-state index is 11.4. The van der Waals surface area contributed by atoms with Gasteiger partial charge in [-0.15, -0.1) is 0 Å². The van der Waals surface area contributed by atoms with E-state index >= 15 is 0 Å². The number of carboxylic acids is 1. The number of carbonyl (C=O) groups excluding carboxylic acids is 1. The fourth-order valence-corrected chi connectivity index (χ4v) is 2.34. The van der Waals surface area contributed by atoms with Gasteiger partial charge in [-0.3, -0.25) is 4.79 Å². The van der Waals surface area contributed by atoms with Gasteiger partial charge in [0.25, 0.3) is 0 Å². The Hall–Kier alpha value is -1.22. The molecule has 0 aromatic carbocycles. The molecule has 150 valence electrons. The number of carbonyl (C=O) groups is 2. The number of hydrogen-bond acceptors (Lipinski definition) is 3. The van der Waals surface area contributed by atoms with Crippen LogP contribution >= 0.6 is 0 Å². The van der Waals surface area contributed by atoms with Crippen LogP contribution in [0.3, 0.4) is 0 Å². The van der Waals surface area contributed by atoms with E-state index in [-0.39, 0.29) is 31.0 Å². The van der Waals surface area contributed by atoms with Gasteiger partial charge in [0.1, 0.15) is 6.26 Å². The van der Waals surface area contributed by atoms with Crippen molar-refractivity contribution < 1.29 is 38.9 Å². The minimum absolute atomic E-state index is 0. The summed E-state index contributed by atoms with van der Waals surface area (Å²) in [5.41, 5.74) is 0.0263. The van der Waals surface area contributed by atoms with E-state index in [1.165, 1.54) is 45.4 Å². The van der Waals surface area contributed by atoms with Gasteiger partial charge in [-0.2, -0.15) is 0 Å². The summed E-state index contributed by atoms with van der Waals surface area (Å²) < 4.78 is 4.79. The number of carboxylic acid groups (broad SMARTS) is 1. The Morgan fingerprint density at radius 3 is 2.00 bits per heavy atom. The monoisotopic (exact) mass is 428 g/mol. The van der Waals surface area contributed by atoms with E-state index in [4.69, 9.17) is 9.84 Å². The Kier molecular flexibility index (Phi) is 21.9. The Labute approximate surface area is 177 Å². The molecule has 0 aliphatic heterocycles. The Morgan fingerprint density at radius 2 is 1.41 bits per heavy atom. The van der Waals surface area contributed by atoms with Crippen LogP contribution in [-0.2, 0) is 33.8 Å². The summed E-state index contributed by atoms with van der Waals surface area (Å²) in [7, 11) is 0. The molecule has 1 N–H and O–H groups in total. The molecule has 0 heterocycles. The van der Waals surface area contributed by atoms with Crippen LogP contribution < -0.4 is 0 Å². The molecular weight excluding hydrogens is 394 g/mol. The summed E-state index contributed by atoms with van der Waals surface area (Å²) >= 11 is 0. The quantitative estimate of drug-likeness (QED) is 0.0777. The number of ether oxygens (including phenoxy) is 1. The van der Waals surface area contributed by atoms with Crippen LogP contribution in [0.5, 0.6) is 0 Å². The fraction of sp³-hybridized carbons (Fsp3) is 0.636. The second kappa shape index (κ2) is 21.1. The molecule has 0 amide bonds. The van der Waals surface area contributed by atoms with E-state index in [2.05, 4.69) is 31.2 Å². The average Bonchev–Trinajstić information content (AvgIpc) is 2.62. The van der Waals surface area contributed by atoms with E-state index in [1.54, 1.807) is 0 Å². The van der Waals surface area contributed by atoms with Gasteiger partial charge >= 0.3 is 11.9 Å². The molecule has 0 spiro atoms.